The molecular formula is C13H18BrN5O. The molecule has 1 N–H and O–H groups in total. The molecule has 1 amide bonds. The van der Waals surface area contributed by atoms with Crippen molar-refractivity contribution in [3.63, 3.8) is 0 Å². The Labute approximate surface area is 126 Å². The van der Waals surface area contributed by atoms with Gasteiger partial charge in [-0.3, -0.25) is 14.2 Å². The van der Waals surface area contributed by atoms with Crippen molar-refractivity contribution in [1.29, 1.82) is 0 Å². The molecular weight excluding hydrogens is 322 g/mol. The molecule has 108 valence electrons. The number of halogens is 1. The SMILES string of the molecule is Cc1nn(CCCNC(=O)c2cnn(C)c2)c(C)c1Br. The summed E-state index contributed by atoms with van der Waals surface area (Å²) in [4.78, 5) is 11.8. The molecule has 0 radical (unpaired) electrons. The van der Waals surface area contributed by atoms with E-state index in [2.05, 4.69) is 31.4 Å². The zero-order chi connectivity index (χ0) is 14.7. The number of carbonyl (C=O) groups excluding carboxylic acids is 1. The van der Waals surface area contributed by atoms with Crippen molar-refractivity contribution in [3.8, 4) is 0 Å². The highest BCUT2D eigenvalue weighted by Gasteiger charge is 2.09. The first-order chi connectivity index (χ1) is 9.49. The van der Waals surface area contributed by atoms with Crippen LogP contribution in [0.25, 0.3) is 0 Å². The highest BCUT2D eigenvalue weighted by molar-refractivity contribution is 9.10. The van der Waals surface area contributed by atoms with Crippen LogP contribution < -0.4 is 5.32 Å². The monoisotopic (exact) mass is 339 g/mol. The van der Waals surface area contributed by atoms with Crippen LogP contribution in [0.5, 0.6) is 0 Å². The Morgan fingerprint density at radius 2 is 2.20 bits per heavy atom. The Morgan fingerprint density at radius 3 is 2.75 bits per heavy atom. The standard InChI is InChI=1S/C13H18BrN5O/c1-9-12(14)10(2)19(17-9)6-4-5-15-13(20)11-7-16-18(3)8-11/h7-8H,4-6H2,1-3H3,(H,15,20). The van der Waals surface area contributed by atoms with Crippen LogP contribution in [0.15, 0.2) is 16.9 Å². The lowest BCUT2D eigenvalue weighted by molar-refractivity contribution is 0.0952. The average molecular weight is 340 g/mol. The van der Waals surface area contributed by atoms with E-state index in [1.54, 1.807) is 24.1 Å². The van der Waals surface area contributed by atoms with Crippen molar-refractivity contribution in [1.82, 2.24) is 24.9 Å². The van der Waals surface area contributed by atoms with Crippen molar-refractivity contribution in [3.05, 3.63) is 33.8 Å². The normalized spacial score (nSPS) is 10.8. The van der Waals surface area contributed by atoms with Crippen molar-refractivity contribution in [2.75, 3.05) is 6.54 Å². The first-order valence-corrected chi connectivity index (χ1v) is 7.24. The van der Waals surface area contributed by atoms with E-state index >= 15 is 0 Å². The largest absolute Gasteiger partial charge is 0.352 e. The van der Waals surface area contributed by atoms with Crippen LogP contribution in [0, 0.1) is 13.8 Å². The van der Waals surface area contributed by atoms with Crippen LogP contribution in [0.3, 0.4) is 0 Å². The van der Waals surface area contributed by atoms with Crippen LogP contribution in [0.2, 0.25) is 0 Å². The lowest BCUT2D eigenvalue weighted by atomic mass is 10.3. The minimum absolute atomic E-state index is 0.0901. The van der Waals surface area contributed by atoms with Crippen molar-refractivity contribution in [2.24, 2.45) is 7.05 Å². The summed E-state index contributed by atoms with van der Waals surface area (Å²) in [6, 6.07) is 0. The first-order valence-electron chi connectivity index (χ1n) is 6.45. The van der Waals surface area contributed by atoms with E-state index < -0.39 is 0 Å². The van der Waals surface area contributed by atoms with Crippen LogP contribution in [0.4, 0.5) is 0 Å². The van der Waals surface area contributed by atoms with Gasteiger partial charge in [-0.15, -0.1) is 0 Å². The zero-order valence-electron chi connectivity index (χ0n) is 11.9. The molecule has 0 saturated carbocycles. The highest BCUT2D eigenvalue weighted by atomic mass is 79.9. The van der Waals surface area contributed by atoms with E-state index in [-0.39, 0.29) is 5.91 Å². The number of hydrogen-bond donors (Lipinski definition) is 1. The number of amides is 1. The van der Waals surface area contributed by atoms with Gasteiger partial charge in [-0.05, 0) is 36.2 Å². The Balaban J connectivity index is 1.79. The Kier molecular flexibility index (Phi) is 4.59. The second-order valence-electron chi connectivity index (χ2n) is 4.72. The number of hydrogen-bond acceptors (Lipinski definition) is 3. The Hall–Kier alpha value is -1.63. The molecule has 0 aromatic carbocycles. The van der Waals surface area contributed by atoms with Gasteiger partial charge in [0.15, 0.2) is 0 Å². The number of nitrogens with zero attached hydrogens (tertiary/aromatic N) is 4. The fourth-order valence-electron chi connectivity index (χ4n) is 1.96. The molecule has 7 heteroatoms. The summed E-state index contributed by atoms with van der Waals surface area (Å²) < 4.78 is 4.62. The number of aryl methyl sites for hydroxylation is 3. The molecule has 2 aromatic heterocycles. The fraction of sp³-hybridized carbons (Fsp3) is 0.462. The Bertz CT molecular complexity index is 616. The second kappa shape index (κ2) is 6.21. The summed E-state index contributed by atoms with van der Waals surface area (Å²) in [6.45, 7) is 5.39. The van der Waals surface area contributed by atoms with E-state index in [1.807, 2.05) is 18.5 Å². The van der Waals surface area contributed by atoms with Gasteiger partial charge in [0.1, 0.15) is 0 Å². The van der Waals surface area contributed by atoms with Gasteiger partial charge in [0.05, 0.1) is 21.9 Å². The van der Waals surface area contributed by atoms with E-state index in [0.717, 1.165) is 28.8 Å². The third-order valence-corrected chi connectivity index (χ3v) is 4.24. The Morgan fingerprint density at radius 1 is 1.45 bits per heavy atom. The van der Waals surface area contributed by atoms with Gasteiger partial charge in [-0.2, -0.15) is 10.2 Å². The summed E-state index contributed by atoms with van der Waals surface area (Å²) >= 11 is 3.50. The smallest absolute Gasteiger partial charge is 0.254 e. The molecule has 20 heavy (non-hydrogen) atoms. The maximum absolute atomic E-state index is 11.8. The molecule has 0 fully saturated rings. The molecule has 0 aliphatic rings. The molecule has 6 nitrogen and oxygen atoms in total. The fourth-order valence-corrected chi connectivity index (χ4v) is 2.25. The molecule has 0 unspecified atom stereocenters. The number of carbonyl (C=O) groups is 1. The third kappa shape index (κ3) is 3.27. The molecule has 0 atom stereocenters. The van der Waals surface area contributed by atoms with Crippen LogP contribution in [0.1, 0.15) is 28.2 Å². The van der Waals surface area contributed by atoms with Crippen molar-refractivity contribution < 1.29 is 4.79 Å². The predicted octanol–water partition coefficient (Wildman–Crippen LogP) is 1.82. The lowest BCUT2D eigenvalue weighted by Gasteiger charge is -2.05. The molecule has 0 bridgehead atoms. The number of rotatable bonds is 5. The van der Waals surface area contributed by atoms with Gasteiger partial charge >= 0.3 is 0 Å². The van der Waals surface area contributed by atoms with Crippen LogP contribution in [-0.2, 0) is 13.6 Å². The molecule has 2 aromatic rings. The lowest BCUT2D eigenvalue weighted by Crippen LogP contribution is -2.25. The van der Waals surface area contributed by atoms with E-state index in [0.29, 0.717) is 12.1 Å². The molecule has 2 rings (SSSR count). The van der Waals surface area contributed by atoms with Gasteiger partial charge < -0.3 is 5.32 Å². The van der Waals surface area contributed by atoms with E-state index in [4.69, 9.17) is 0 Å². The van der Waals surface area contributed by atoms with E-state index in [1.165, 1.54) is 0 Å². The molecule has 0 aliphatic carbocycles. The third-order valence-electron chi connectivity index (χ3n) is 3.09. The minimum atomic E-state index is -0.0901. The van der Waals surface area contributed by atoms with E-state index in [9.17, 15) is 4.79 Å². The highest BCUT2D eigenvalue weighted by Crippen LogP contribution is 2.19. The minimum Gasteiger partial charge on any atom is -0.352 e. The number of aromatic nitrogens is 4. The van der Waals surface area contributed by atoms with Gasteiger partial charge in [-0.25, -0.2) is 0 Å². The summed E-state index contributed by atoms with van der Waals surface area (Å²) in [7, 11) is 1.79. The quantitative estimate of drug-likeness (QED) is 0.845. The molecule has 2 heterocycles. The topological polar surface area (TPSA) is 64.7 Å². The maximum Gasteiger partial charge on any atom is 0.254 e. The van der Waals surface area contributed by atoms with Crippen molar-refractivity contribution in [2.45, 2.75) is 26.8 Å². The van der Waals surface area contributed by atoms with Gasteiger partial charge in [0.25, 0.3) is 5.91 Å². The summed E-state index contributed by atoms with van der Waals surface area (Å²) in [5.41, 5.74) is 2.68. The number of nitrogens with one attached hydrogen (secondary N) is 1. The van der Waals surface area contributed by atoms with Gasteiger partial charge in [0, 0.05) is 32.0 Å². The average Bonchev–Trinajstić information content (AvgIpc) is 2.95. The van der Waals surface area contributed by atoms with Crippen LogP contribution >= 0.6 is 15.9 Å². The molecule has 0 aliphatic heterocycles. The predicted molar refractivity (Wildman–Crippen MR) is 79.6 cm³/mol. The molecule has 0 spiro atoms. The van der Waals surface area contributed by atoms with Crippen molar-refractivity contribution >= 4 is 21.8 Å². The molecule has 0 saturated heterocycles. The summed E-state index contributed by atoms with van der Waals surface area (Å²) in [6.07, 6.45) is 4.10. The first kappa shape index (κ1) is 14.8. The summed E-state index contributed by atoms with van der Waals surface area (Å²) in [5, 5.41) is 11.3. The maximum atomic E-state index is 11.8. The zero-order valence-corrected chi connectivity index (χ0v) is 13.4. The van der Waals surface area contributed by atoms with Gasteiger partial charge in [-0.1, -0.05) is 0 Å². The summed E-state index contributed by atoms with van der Waals surface area (Å²) in [5.74, 6) is -0.0901. The second-order valence-corrected chi connectivity index (χ2v) is 5.51. The van der Waals surface area contributed by atoms with Gasteiger partial charge in [0.2, 0.25) is 0 Å². The van der Waals surface area contributed by atoms with Crippen LogP contribution in [-0.4, -0.2) is 32.0 Å².